The number of rotatable bonds is 8. The topological polar surface area (TPSA) is 59.1 Å². The molecule has 28 heavy (non-hydrogen) atoms. The van der Waals surface area contributed by atoms with Crippen LogP contribution >= 0.6 is 0 Å². The van der Waals surface area contributed by atoms with Crippen molar-refractivity contribution in [2.75, 3.05) is 40.0 Å². The SMILES string of the molecule is CCOCCCN1C(=O)C(c2ccc(OC)cc2)=C(N2CCCC(C)C2)C1=O. The van der Waals surface area contributed by atoms with Crippen molar-refractivity contribution in [1.29, 1.82) is 0 Å². The minimum absolute atomic E-state index is 0.179. The van der Waals surface area contributed by atoms with E-state index in [0.717, 1.165) is 37.2 Å². The zero-order chi connectivity index (χ0) is 20.1. The first-order valence-electron chi connectivity index (χ1n) is 10.1. The van der Waals surface area contributed by atoms with Crippen LogP contribution in [0, 0.1) is 5.92 Å². The van der Waals surface area contributed by atoms with Crippen molar-refractivity contribution in [1.82, 2.24) is 9.80 Å². The molecule has 1 unspecified atom stereocenters. The molecule has 1 saturated heterocycles. The second kappa shape index (κ2) is 9.24. The molecule has 0 radical (unpaired) electrons. The second-order valence-corrected chi connectivity index (χ2v) is 7.46. The fourth-order valence-corrected chi connectivity index (χ4v) is 3.94. The van der Waals surface area contributed by atoms with Gasteiger partial charge in [-0.15, -0.1) is 0 Å². The van der Waals surface area contributed by atoms with Crippen LogP contribution in [0.1, 0.15) is 38.7 Å². The molecule has 3 rings (SSSR count). The van der Waals surface area contributed by atoms with Crippen molar-refractivity contribution >= 4 is 17.4 Å². The van der Waals surface area contributed by atoms with Crippen molar-refractivity contribution in [2.45, 2.75) is 33.1 Å². The van der Waals surface area contributed by atoms with E-state index < -0.39 is 0 Å². The van der Waals surface area contributed by atoms with Gasteiger partial charge in [0, 0.05) is 32.8 Å². The van der Waals surface area contributed by atoms with E-state index in [1.165, 1.54) is 4.90 Å². The predicted octanol–water partition coefficient (Wildman–Crippen LogP) is 2.93. The lowest BCUT2D eigenvalue weighted by Crippen LogP contribution is -2.39. The molecule has 2 aliphatic rings. The van der Waals surface area contributed by atoms with Gasteiger partial charge >= 0.3 is 0 Å². The number of nitrogens with zero attached hydrogens (tertiary/aromatic N) is 2. The first kappa shape index (κ1) is 20.4. The molecule has 1 aromatic carbocycles. The number of imide groups is 1. The number of ether oxygens (including phenoxy) is 2. The largest absolute Gasteiger partial charge is 0.497 e. The highest BCUT2D eigenvalue weighted by atomic mass is 16.5. The van der Waals surface area contributed by atoms with Crippen LogP contribution < -0.4 is 4.74 Å². The van der Waals surface area contributed by atoms with Gasteiger partial charge in [0.25, 0.3) is 11.8 Å². The van der Waals surface area contributed by atoms with Crippen LogP contribution in [0.25, 0.3) is 5.57 Å². The second-order valence-electron chi connectivity index (χ2n) is 7.46. The number of hydrogen-bond donors (Lipinski definition) is 0. The Morgan fingerprint density at radius 1 is 1.14 bits per heavy atom. The summed E-state index contributed by atoms with van der Waals surface area (Å²) in [4.78, 5) is 29.9. The van der Waals surface area contributed by atoms with Crippen LogP contribution in [0.3, 0.4) is 0 Å². The summed E-state index contributed by atoms with van der Waals surface area (Å²) in [5.74, 6) is 0.845. The lowest BCUT2D eigenvalue weighted by Gasteiger charge is -2.33. The van der Waals surface area contributed by atoms with Crippen molar-refractivity contribution in [3.05, 3.63) is 35.5 Å². The van der Waals surface area contributed by atoms with Crippen LogP contribution in [0.15, 0.2) is 30.0 Å². The van der Waals surface area contributed by atoms with Gasteiger partial charge < -0.3 is 14.4 Å². The normalized spacial score (nSPS) is 20.3. The van der Waals surface area contributed by atoms with E-state index in [2.05, 4.69) is 11.8 Å². The van der Waals surface area contributed by atoms with Crippen molar-refractivity contribution in [3.63, 3.8) is 0 Å². The lowest BCUT2D eigenvalue weighted by molar-refractivity contribution is -0.137. The first-order chi connectivity index (χ1) is 13.6. The highest BCUT2D eigenvalue weighted by molar-refractivity contribution is 6.35. The highest BCUT2D eigenvalue weighted by Gasteiger charge is 2.41. The first-order valence-corrected chi connectivity index (χ1v) is 10.1. The van der Waals surface area contributed by atoms with Crippen LogP contribution in [-0.2, 0) is 14.3 Å². The smallest absolute Gasteiger partial charge is 0.277 e. The summed E-state index contributed by atoms with van der Waals surface area (Å²) in [6.45, 7) is 7.30. The Kier molecular flexibility index (Phi) is 6.73. The van der Waals surface area contributed by atoms with Gasteiger partial charge in [-0.25, -0.2) is 0 Å². The monoisotopic (exact) mass is 386 g/mol. The van der Waals surface area contributed by atoms with E-state index in [9.17, 15) is 9.59 Å². The summed E-state index contributed by atoms with van der Waals surface area (Å²) in [7, 11) is 1.61. The van der Waals surface area contributed by atoms with Crippen molar-refractivity contribution in [2.24, 2.45) is 5.92 Å². The zero-order valence-electron chi connectivity index (χ0n) is 17.1. The molecule has 6 nitrogen and oxygen atoms in total. The lowest BCUT2D eigenvalue weighted by atomic mass is 9.98. The van der Waals surface area contributed by atoms with Crippen LogP contribution in [0.4, 0.5) is 0 Å². The van der Waals surface area contributed by atoms with Crippen molar-refractivity contribution < 1.29 is 19.1 Å². The molecule has 152 valence electrons. The molecule has 2 amide bonds. The Labute approximate surface area is 167 Å². The van der Waals surface area contributed by atoms with E-state index in [-0.39, 0.29) is 11.8 Å². The molecule has 0 bridgehead atoms. The van der Waals surface area contributed by atoms with E-state index in [1.807, 2.05) is 31.2 Å². The third kappa shape index (κ3) is 4.22. The van der Waals surface area contributed by atoms with Gasteiger partial charge in [-0.1, -0.05) is 19.1 Å². The van der Waals surface area contributed by atoms with Gasteiger partial charge in [-0.05, 0) is 49.8 Å². The fourth-order valence-electron chi connectivity index (χ4n) is 3.94. The maximum absolute atomic E-state index is 13.2. The molecule has 0 N–H and O–H groups in total. The Morgan fingerprint density at radius 3 is 2.54 bits per heavy atom. The summed E-state index contributed by atoms with van der Waals surface area (Å²) in [5, 5.41) is 0. The summed E-state index contributed by atoms with van der Waals surface area (Å²) >= 11 is 0. The van der Waals surface area contributed by atoms with Gasteiger partial charge in [0.1, 0.15) is 11.4 Å². The summed E-state index contributed by atoms with van der Waals surface area (Å²) in [6.07, 6.45) is 2.83. The molecule has 6 heteroatoms. The van der Waals surface area contributed by atoms with Gasteiger partial charge in [0.05, 0.1) is 12.7 Å². The average molecular weight is 386 g/mol. The summed E-state index contributed by atoms with van der Waals surface area (Å²) in [6, 6.07) is 7.37. The molecule has 2 aliphatic heterocycles. The Morgan fingerprint density at radius 2 is 1.89 bits per heavy atom. The molecule has 0 saturated carbocycles. The molecule has 0 spiro atoms. The number of hydrogen-bond acceptors (Lipinski definition) is 5. The number of benzene rings is 1. The third-order valence-electron chi connectivity index (χ3n) is 5.37. The Bertz CT molecular complexity index is 741. The van der Waals surface area contributed by atoms with Crippen LogP contribution in [-0.4, -0.2) is 61.6 Å². The Hall–Kier alpha value is -2.34. The molecular weight excluding hydrogens is 356 g/mol. The minimum atomic E-state index is -0.208. The van der Waals surface area contributed by atoms with Gasteiger partial charge in [0.15, 0.2) is 0 Å². The fraction of sp³-hybridized carbons (Fsp3) is 0.545. The van der Waals surface area contributed by atoms with Gasteiger partial charge in [-0.3, -0.25) is 14.5 Å². The molecule has 2 heterocycles. The third-order valence-corrected chi connectivity index (χ3v) is 5.37. The van der Waals surface area contributed by atoms with Gasteiger partial charge in [0.2, 0.25) is 0 Å². The zero-order valence-corrected chi connectivity index (χ0v) is 17.1. The molecule has 1 fully saturated rings. The van der Waals surface area contributed by atoms with Crippen LogP contribution in [0.5, 0.6) is 5.75 Å². The molecule has 0 aromatic heterocycles. The van der Waals surface area contributed by atoms with Crippen molar-refractivity contribution in [3.8, 4) is 5.75 Å². The molecular formula is C22H30N2O4. The van der Waals surface area contributed by atoms with E-state index in [0.29, 0.717) is 43.4 Å². The van der Waals surface area contributed by atoms with Crippen LogP contribution in [0.2, 0.25) is 0 Å². The number of carbonyl (C=O) groups is 2. The maximum atomic E-state index is 13.2. The minimum Gasteiger partial charge on any atom is -0.497 e. The molecule has 1 aromatic rings. The molecule has 1 atom stereocenters. The summed E-state index contributed by atoms with van der Waals surface area (Å²) in [5.41, 5.74) is 1.83. The number of piperidine rings is 1. The number of amides is 2. The Balaban J connectivity index is 1.92. The number of carbonyl (C=O) groups excluding carboxylic acids is 2. The average Bonchev–Trinajstić information content (AvgIpc) is 2.95. The highest BCUT2D eigenvalue weighted by Crippen LogP contribution is 2.34. The number of likely N-dealkylation sites (tertiary alicyclic amines) is 1. The number of methoxy groups -OCH3 is 1. The standard InChI is InChI=1S/C22H30N2O4/c1-4-28-14-6-13-24-21(25)19(17-8-10-18(27-3)11-9-17)20(22(24)26)23-12-5-7-16(2)15-23/h8-11,16H,4-7,12-15H2,1-3H3. The van der Waals surface area contributed by atoms with E-state index in [1.54, 1.807) is 7.11 Å². The maximum Gasteiger partial charge on any atom is 0.277 e. The van der Waals surface area contributed by atoms with E-state index in [4.69, 9.17) is 9.47 Å². The van der Waals surface area contributed by atoms with E-state index >= 15 is 0 Å². The van der Waals surface area contributed by atoms with Gasteiger partial charge in [-0.2, -0.15) is 0 Å². The summed E-state index contributed by atoms with van der Waals surface area (Å²) < 4.78 is 10.6. The quantitative estimate of drug-likeness (QED) is 0.508. The molecule has 0 aliphatic carbocycles. The predicted molar refractivity (Wildman–Crippen MR) is 108 cm³/mol.